The van der Waals surface area contributed by atoms with E-state index in [1.807, 2.05) is 38.2 Å². The second kappa shape index (κ2) is 20.7. The van der Waals surface area contributed by atoms with Crippen molar-refractivity contribution in [1.82, 2.24) is 15.0 Å². The summed E-state index contributed by atoms with van der Waals surface area (Å²) in [6, 6.07) is 0. The van der Waals surface area contributed by atoms with E-state index in [0.29, 0.717) is 40.2 Å². The number of ether oxygens (including phenoxy) is 2. The first-order valence-corrected chi connectivity index (χ1v) is 22.2. The molecule has 0 saturated carbocycles. The van der Waals surface area contributed by atoms with Gasteiger partial charge in [-0.15, -0.1) is 22.8 Å². The maximum atomic E-state index is 14.3. The molecule has 3 aromatic rings. The largest absolute Gasteiger partial charge is 2.00 e. The molecular weight excluding hydrogens is 773 g/mol. The van der Waals surface area contributed by atoms with Crippen LogP contribution in [0.2, 0.25) is 0 Å². The van der Waals surface area contributed by atoms with Crippen molar-refractivity contribution in [2.75, 3.05) is 13.7 Å². The van der Waals surface area contributed by atoms with Crippen LogP contribution >= 0.6 is 0 Å². The predicted molar refractivity (Wildman–Crippen MR) is 247 cm³/mol. The van der Waals surface area contributed by atoms with E-state index in [1.165, 1.54) is 44.8 Å². The fraction of sp³-hybridized carbons (Fsp3) is 0.510. The van der Waals surface area contributed by atoms with Gasteiger partial charge >= 0.3 is 35.0 Å². The molecule has 0 amide bonds. The summed E-state index contributed by atoms with van der Waals surface area (Å²) < 4.78 is 11.0. The quantitative estimate of drug-likeness (QED) is 0.0622. The summed E-state index contributed by atoms with van der Waals surface area (Å²) in [7, 11) is 1.30. The number of ketones is 1. The molecule has 3 aliphatic rings. The van der Waals surface area contributed by atoms with Crippen molar-refractivity contribution in [1.29, 1.82) is 0 Å². The Morgan fingerprint density at radius 2 is 1.61 bits per heavy atom. The van der Waals surface area contributed by atoms with Gasteiger partial charge in [-0.25, -0.2) is 0 Å². The fourth-order valence-electron chi connectivity index (χ4n) is 9.35. The zero-order chi connectivity index (χ0) is 43.4. The smallest absolute Gasteiger partial charge is 0.664 e. The Morgan fingerprint density at radius 3 is 2.30 bits per heavy atom. The topological polar surface area (TPSA) is 128 Å². The van der Waals surface area contributed by atoms with E-state index in [2.05, 4.69) is 66.1 Å². The van der Waals surface area contributed by atoms with Gasteiger partial charge in [0.2, 0.25) is 0 Å². The Hall–Kier alpha value is -4.28. The first-order valence-electron chi connectivity index (χ1n) is 22.2. The Labute approximate surface area is 379 Å². The van der Waals surface area contributed by atoms with Gasteiger partial charge in [-0.1, -0.05) is 120 Å². The summed E-state index contributed by atoms with van der Waals surface area (Å²) in [5.41, 5.74) is 11.0. The molecule has 1 N–H and O–H groups in total. The molecule has 9 nitrogen and oxygen atoms in total. The zero-order valence-electron chi connectivity index (χ0n) is 38.3. The summed E-state index contributed by atoms with van der Waals surface area (Å²) in [6.07, 6.45) is 19.7. The van der Waals surface area contributed by atoms with E-state index in [-0.39, 0.29) is 59.7 Å². The van der Waals surface area contributed by atoms with Crippen LogP contribution < -0.4 is 20.7 Å². The SMILES string of the molecule is C=Cc1c2[n-]c(c1C)/C=C1\[N-]/C(=C3\c4[n-]c(c(C)c4C(=O)[C@@H]3C(=O)OC)/C=c3\[nH]/c(c(C)c3CC)=C\2)[C@@H](CCC(=O)OC/C=C(\C)CCC[C@H](C)CCC[C@H](C)CC)[C@@H]1C.[Mg+2]. The van der Waals surface area contributed by atoms with Crippen LogP contribution in [0.3, 0.4) is 0 Å². The molecule has 5 atom stereocenters. The van der Waals surface area contributed by atoms with Crippen molar-refractivity contribution < 1.29 is 23.9 Å². The summed E-state index contributed by atoms with van der Waals surface area (Å²) in [5, 5.41) is 7.08. The predicted octanol–water partition coefficient (Wildman–Crippen LogP) is 9.32. The second-order valence-electron chi connectivity index (χ2n) is 17.6. The van der Waals surface area contributed by atoms with Gasteiger partial charge in [0, 0.05) is 22.7 Å². The third-order valence-electron chi connectivity index (χ3n) is 13.5. The standard InChI is InChI=1S/C51H66N4O5.Mg/c1-12-28(4)17-15-18-29(5)19-16-20-30(6)23-24-60-44(56)22-21-37-33(9)40-25-38-31(7)35(13-2)42(52-38)26-39-32(8)36(14-3)43(53-39)27-41-34(10)45-49(55-41)46(48(37)54-40)47(50(45)57)51(58)59-11;/h13,23,25-29,33,37,47,53H,2,12,14-22,24H2,1,3-11H3,(H-,54,55,57);/q-2;+2/p-1/b30-23+,39-26-,40-25-,43-27-;/t28-,29-,33+,37+,47-;/m1./s1. The first-order chi connectivity index (χ1) is 28.7. The molecule has 1 aliphatic carbocycles. The molecule has 1 fully saturated rings. The third-order valence-corrected chi connectivity index (χ3v) is 13.5. The van der Waals surface area contributed by atoms with Gasteiger partial charge < -0.3 is 29.7 Å². The molecule has 3 aromatic heterocycles. The molecule has 6 rings (SSSR count). The molecule has 0 radical (unpaired) electrons. The van der Waals surface area contributed by atoms with E-state index in [0.717, 1.165) is 81.1 Å². The molecule has 0 unspecified atom stereocenters. The van der Waals surface area contributed by atoms with E-state index < -0.39 is 11.9 Å². The normalized spacial score (nSPS) is 22.2. The van der Waals surface area contributed by atoms with Crippen molar-refractivity contribution in [2.45, 2.75) is 127 Å². The number of esters is 2. The molecule has 0 spiro atoms. The number of nitrogens with one attached hydrogen (secondary N) is 1. The number of nitrogens with zero attached hydrogens (tertiary/aromatic N) is 3. The van der Waals surface area contributed by atoms with Gasteiger partial charge in [0.25, 0.3) is 0 Å². The minimum absolute atomic E-state index is 0. The maximum absolute atomic E-state index is 14.3. The van der Waals surface area contributed by atoms with Gasteiger partial charge in [0.05, 0.1) is 7.11 Å². The number of rotatable bonds is 17. The van der Waals surface area contributed by atoms with Crippen LogP contribution in [0, 0.1) is 50.4 Å². The van der Waals surface area contributed by atoms with E-state index >= 15 is 0 Å². The minimum Gasteiger partial charge on any atom is -0.664 e. The van der Waals surface area contributed by atoms with Gasteiger partial charge in [0.15, 0.2) is 5.78 Å². The Morgan fingerprint density at radius 1 is 0.918 bits per heavy atom. The average molecular weight is 838 g/mol. The number of carbonyl (C=O) groups excluding carboxylic acids is 3. The van der Waals surface area contributed by atoms with Crippen molar-refractivity contribution >= 4 is 70.7 Å². The van der Waals surface area contributed by atoms with Gasteiger partial charge in [-0.3, -0.25) is 14.4 Å². The maximum Gasteiger partial charge on any atom is 2.00 e. The Kier molecular flexibility index (Phi) is 16.2. The Bertz CT molecular complexity index is 2370. The number of hydrogen-bond acceptors (Lipinski definition) is 5. The van der Waals surface area contributed by atoms with Crippen molar-refractivity contribution in [2.24, 2.45) is 29.6 Å². The number of aromatic nitrogens is 3. The van der Waals surface area contributed by atoms with Crippen LogP contribution in [0.5, 0.6) is 0 Å². The molecule has 322 valence electrons. The van der Waals surface area contributed by atoms with Gasteiger partial charge in [0.1, 0.15) is 12.5 Å². The van der Waals surface area contributed by atoms with Crippen molar-refractivity contribution in [3.05, 3.63) is 102 Å². The number of aromatic amines is 1. The van der Waals surface area contributed by atoms with Crippen molar-refractivity contribution in [3.63, 3.8) is 0 Å². The number of allylic oxidation sites excluding steroid dienone is 3. The summed E-state index contributed by atoms with van der Waals surface area (Å²) in [4.78, 5) is 55.1. The molecule has 0 aromatic carbocycles. The van der Waals surface area contributed by atoms with Crippen LogP contribution in [0.25, 0.3) is 35.2 Å². The monoisotopic (exact) mass is 837 g/mol. The number of Topliss-reactive ketones (excluding diaryl/α,β-unsaturated/α-hetero) is 1. The summed E-state index contributed by atoms with van der Waals surface area (Å²) >= 11 is 0. The van der Waals surface area contributed by atoms with Crippen molar-refractivity contribution in [3.8, 4) is 0 Å². The van der Waals surface area contributed by atoms with E-state index in [9.17, 15) is 14.4 Å². The second-order valence-corrected chi connectivity index (χ2v) is 17.6. The first kappa shape index (κ1) is 47.8. The molecule has 5 heterocycles. The van der Waals surface area contributed by atoms with E-state index in [1.54, 1.807) is 0 Å². The molecule has 10 heteroatoms. The Balaban J connectivity index is 0.00000704. The number of carbonyl (C=O) groups is 3. The molecule has 2 aliphatic heterocycles. The molecular formula is C51H65MgN4O5-. The molecule has 8 bridgehead atoms. The van der Waals surface area contributed by atoms with Crippen LogP contribution in [-0.2, 0) is 25.5 Å². The fourth-order valence-corrected chi connectivity index (χ4v) is 9.35. The number of H-pyrrole nitrogens is 1. The van der Waals surface area contributed by atoms with Crippen LogP contribution in [0.15, 0.2) is 29.6 Å². The minimum atomic E-state index is -1.21. The number of hydrogen-bond donors (Lipinski definition) is 1. The van der Waals surface area contributed by atoms with Gasteiger partial charge in [-0.2, -0.15) is 11.4 Å². The number of methoxy groups -OCH3 is 1. The summed E-state index contributed by atoms with van der Waals surface area (Å²) in [5.74, 6) is -1.47. The zero-order valence-corrected chi connectivity index (χ0v) is 39.8. The van der Waals surface area contributed by atoms with Crippen LogP contribution in [0.4, 0.5) is 0 Å². The van der Waals surface area contributed by atoms with E-state index in [4.69, 9.17) is 24.8 Å². The average Bonchev–Trinajstić information content (AvgIpc) is 3.97. The number of fused-ring (bicyclic) bond motifs is 7. The third kappa shape index (κ3) is 10.0. The summed E-state index contributed by atoms with van der Waals surface area (Å²) in [6.45, 7) is 23.6. The van der Waals surface area contributed by atoms with Crippen LogP contribution in [-0.4, -0.2) is 59.5 Å². The molecule has 61 heavy (non-hydrogen) atoms. The van der Waals surface area contributed by atoms with Crippen LogP contribution in [0.1, 0.15) is 160 Å². The molecule has 1 saturated heterocycles. The van der Waals surface area contributed by atoms with Gasteiger partial charge in [-0.05, 0) is 99.8 Å².